The molecule has 0 bridgehead atoms. The molecule has 0 aliphatic heterocycles. The van der Waals surface area contributed by atoms with Gasteiger partial charge in [0.05, 0.1) is 18.9 Å². The highest BCUT2D eigenvalue weighted by Crippen LogP contribution is 2.39. The van der Waals surface area contributed by atoms with Crippen LogP contribution in [0, 0.1) is 0 Å². The van der Waals surface area contributed by atoms with Crippen LogP contribution < -0.4 is 5.32 Å². The molecule has 1 fully saturated rings. The average molecular weight is 331 g/mol. The van der Waals surface area contributed by atoms with Gasteiger partial charge in [-0.2, -0.15) is 8.42 Å². The van der Waals surface area contributed by atoms with E-state index in [1.807, 2.05) is 36.4 Å². The first-order valence-corrected chi connectivity index (χ1v) is 9.51. The van der Waals surface area contributed by atoms with Gasteiger partial charge in [0.25, 0.3) is 10.1 Å². The zero-order chi connectivity index (χ0) is 16.3. The number of nitrogens with one attached hydrogen (secondary N) is 1. The summed E-state index contributed by atoms with van der Waals surface area (Å²) in [6.07, 6.45) is 2.92. The lowest BCUT2D eigenvalue weighted by atomic mass is 9.97. The highest BCUT2D eigenvalue weighted by Gasteiger charge is 2.45. The first-order chi connectivity index (χ1) is 11.0. The molecule has 23 heavy (non-hydrogen) atoms. The van der Waals surface area contributed by atoms with E-state index < -0.39 is 10.1 Å². The van der Waals surface area contributed by atoms with Gasteiger partial charge in [-0.05, 0) is 24.0 Å². The molecule has 1 aliphatic rings. The standard InChI is InChI=1S/C18H21NO3S/c1-23(20,21)22-14-18(12-13-18)19-17(15-8-4-2-5-9-15)16-10-6-3-7-11-16/h2-11,17,19H,12-14H2,1H3. The van der Waals surface area contributed by atoms with Crippen LogP contribution in [0.5, 0.6) is 0 Å². The van der Waals surface area contributed by atoms with Crippen molar-refractivity contribution >= 4 is 10.1 Å². The maximum atomic E-state index is 11.3. The lowest BCUT2D eigenvalue weighted by molar-refractivity contribution is 0.251. The van der Waals surface area contributed by atoms with Gasteiger partial charge in [0.1, 0.15) is 0 Å². The number of hydrogen-bond acceptors (Lipinski definition) is 4. The van der Waals surface area contributed by atoms with Crippen molar-refractivity contribution in [3.05, 3.63) is 71.8 Å². The molecular formula is C18H21NO3S. The van der Waals surface area contributed by atoms with Gasteiger partial charge in [-0.15, -0.1) is 0 Å². The fraction of sp³-hybridized carbons (Fsp3) is 0.333. The minimum atomic E-state index is -3.42. The van der Waals surface area contributed by atoms with Crippen LogP contribution in [0.2, 0.25) is 0 Å². The summed E-state index contributed by atoms with van der Waals surface area (Å²) < 4.78 is 27.6. The van der Waals surface area contributed by atoms with Crippen molar-refractivity contribution in [3.8, 4) is 0 Å². The van der Waals surface area contributed by atoms with Gasteiger partial charge in [-0.3, -0.25) is 9.50 Å². The lowest BCUT2D eigenvalue weighted by Gasteiger charge is -2.26. The van der Waals surface area contributed by atoms with E-state index in [4.69, 9.17) is 4.18 Å². The Morgan fingerprint density at radius 3 is 1.87 bits per heavy atom. The van der Waals surface area contributed by atoms with Gasteiger partial charge in [-0.1, -0.05) is 60.7 Å². The second-order valence-corrected chi connectivity index (χ2v) is 7.79. The monoisotopic (exact) mass is 331 g/mol. The smallest absolute Gasteiger partial charge is 0.264 e. The zero-order valence-corrected chi connectivity index (χ0v) is 13.9. The molecule has 0 unspecified atom stereocenters. The van der Waals surface area contributed by atoms with Crippen LogP contribution in [-0.4, -0.2) is 26.8 Å². The third kappa shape index (κ3) is 4.41. The predicted molar refractivity (Wildman–Crippen MR) is 90.6 cm³/mol. The second-order valence-electron chi connectivity index (χ2n) is 6.15. The van der Waals surface area contributed by atoms with Crippen molar-refractivity contribution in [2.24, 2.45) is 0 Å². The predicted octanol–water partition coefficient (Wildman–Crippen LogP) is 2.87. The van der Waals surface area contributed by atoms with Gasteiger partial charge in [0, 0.05) is 5.54 Å². The van der Waals surface area contributed by atoms with Crippen molar-refractivity contribution in [2.45, 2.75) is 24.4 Å². The Kier molecular flexibility index (Phi) is 4.53. The Balaban J connectivity index is 1.83. The fourth-order valence-electron chi connectivity index (χ4n) is 2.66. The van der Waals surface area contributed by atoms with E-state index in [1.165, 1.54) is 0 Å². The molecule has 0 heterocycles. The van der Waals surface area contributed by atoms with Crippen molar-refractivity contribution < 1.29 is 12.6 Å². The van der Waals surface area contributed by atoms with E-state index in [0.717, 1.165) is 30.2 Å². The Hall–Kier alpha value is -1.69. The van der Waals surface area contributed by atoms with Gasteiger partial charge in [-0.25, -0.2) is 0 Å². The molecule has 5 heteroatoms. The molecule has 1 aliphatic carbocycles. The van der Waals surface area contributed by atoms with E-state index in [2.05, 4.69) is 29.6 Å². The van der Waals surface area contributed by atoms with Crippen molar-refractivity contribution in [3.63, 3.8) is 0 Å². The molecule has 1 saturated carbocycles. The van der Waals surface area contributed by atoms with Crippen LogP contribution >= 0.6 is 0 Å². The summed E-state index contributed by atoms with van der Waals surface area (Å²) in [5, 5.41) is 3.62. The highest BCUT2D eigenvalue weighted by molar-refractivity contribution is 7.85. The summed E-state index contributed by atoms with van der Waals surface area (Å²) in [6, 6.07) is 20.4. The molecule has 1 N–H and O–H groups in total. The molecule has 0 saturated heterocycles. The Bertz CT molecular complexity index is 701. The molecule has 0 atom stereocenters. The van der Waals surface area contributed by atoms with Gasteiger partial charge in [0.15, 0.2) is 0 Å². The van der Waals surface area contributed by atoms with Crippen molar-refractivity contribution in [2.75, 3.05) is 12.9 Å². The van der Waals surface area contributed by atoms with Gasteiger partial charge < -0.3 is 0 Å². The lowest BCUT2D eigenvalue weighted by Crippen LogP contribution is -2.39. The molecule has 0 aromatic heterocycles. The van der Waals surface area contributed by atoms with Crippen LogP contribution in [-0.2, 0) is 14.3 Å². The van der Waals surface area contributed by atoms with E-state index in [1.54, 1.807) is 0 Å². The third-order valence-electron chi connectivity index (χ3n) is 4.12. The Morgan fingerprint density at radius 2 is 1.48 bits per heavy atom. The van der Waals surface area contributed by atoms with Crippen LogP contribution in [0.1, 0.15) is 30.0 Å². The summed E-state index contributed by atoms with van der Waals surface area (Å²) >= 11 is 0. The second kappa shape index (κ2) is 6.43. The Morgan fingerprint density at radius 1 is 1.00 bits per heavy atom. The van der Waals surface area contributed by atoms with E-state index in [-0.39, 0.29) is 18.2 Å². The highest BCUT2D eigenvalue weighted by atomic mass is 32.2. The molecule has 2 aromatic rings. The topological polar surface area (TPSA) is 55.4 Å². The number of benzene rings is 2. The minimum Gasteiger partial charge on any atom is -0.298 e. The van der Waals surface area contributed by atoms with Crippen LogP contribution in [0.15, 0.2) is 60.7 Å². The summed E-state index contributed by atoms with van der Waals surface area (Å²) in [5.41, 5.74) is 2.05. The SMILES string of the molecule is CS(=O)(=O)OCC1(NC(c2ccccc2)c2ccccc2)CC1. The molecule has 122 valence electrons. The van der Waals surface area contributed by atoms with E-state index >= 15 is 0 Å². The summed E-state index contributed by atoms with van der Waals surface area (Å²) in [7, 11) is -3.42. The fourth-order valence-corrected chi connectivity index (χ4v) is 3.10. The quantitative estimate of drug-likeness (QED) is 0.793. The molecule has 0 amide bonds. The molecule has 2 aromatic carbocycles. The average Bonchev–Trinajstić information content (AvgIpc) is 3.32. The Labute approximate surface area is 137 Å². The van der Waals surface area contributed by atoms with Gasteiger partial charge >= 0.3 is 0 Å². The van der Waals surface area contributed by atoms with Crippen LogP contribution in [0.25, 0.3) is 0 Å². The molecule has 0 spiro atoms. The summed E-state index contributed by atoms with van der Waals surface area (Å²) in [5.74, 6) is 0. The minimum absolute atomic E-state index is 0.0167. The maximum Gasteiger partial charge on any atom is 0.264 e. The maximum absolute atomic E-state index is 11.3. The first kappa shape index (κ1) is 16.2. The van der Waals surface area contributed by atoms with Crippen molar-refractivity contribution in [1.29, 1.82) is 0 Å². The molecule has 4 nitrogen and oxygen atoms in total. The van der Waals surface area contributed by atoms with E-state index in [0.29, 0.717) is 0 Å². The number of hydrogen-bond donors (Lipinski definition) is 1. The third-order valence-corrected chi connectivity index (χ3v) is 4.67. The first-order valence-electron chi connectivity index (χ1n) is 7.69. The van der Waals surface area contributed by atoms with Gasteiger partial charge in [0.2, 0.25) is 0 Å². The molecule has 3 rings (SSSR count). The largest absolute Gasteiger partial charge is 0.298 e. The molecular weight excluding hydrogens is 310 g/mol. The van der Waals surface area contributed by atoms with Crippen LogP contribution in [0.4, 0.5) is 0 Å². The number of rotatable bonds is 7. The summed E-state index contributed by atoms with van der Waals surface area (Å²) in [4.78, 5) is 0. The zero-order valence-electron chi connectivity index (χ0n) is 13.1. The van der Waals surface area contributed by atoms with Crippen LogP contribution in [0.3, 0.4) is 0 Å². The molecule has 0 radical (unpaired) electrons. The summed E-state index contributed by atoms with van der Waals surface area (Å²) in [6.45, 7) is 0.183. The van der Waals surface area contributed by atoms with Crippen molar-refractivity contribution in [1.82, 2.24) is 5.32 Å². The normalized spacial score (nSPS) is 16.4. The van der Waals surface area contributed by atoms with E-state index in [9.17, 15) is 8.42 Å².